The highest BCUT2D eigenvalue weighted by atomic mass is 16.4. The van der Waals surface area contributed by atoms with Gasteiger partial charge in [0.05, 0.1) is 16.6 Å². The van der Waals surface area contributed by atoms with Crippen molar-refractivity contribution in [1.29, 1.82) is 0 Å². The Morgan fingerprint density at radius 2 is 2.15 bits per heavy atom. The Labute approximate surface area is 114 Å². The number of fused-ring (bicyclic) bond motifs is 1. The zero-order valence-electron chi connectivity index (χ0n) is 11.0. The van der Waals surface area contributed by atoms with E-state index in [1.807, 2.05) is 13.0 Å². The van der Waals surface area contributed by atoms with Gasteiger partial charge in [0.15, 0.2) is 0 Å². The zero-order chi connectivity index (χ0) is 14.4. The smallest absolute Gasteiger partial charge is 0.354 e. The number of phenolic OH excluding ortho intramolecular Hbond substituents is 1. The monoisotopic (exact) mass is 271 g/mol. The summed E-state index contributed by atoms with van der Waals surface area (Å²) < 4.78 is 1.32. The fraction of sp³-hybridized carbons (Fsp3) is 0.143. The molecule has 102 valence electrons. The third-order valence-electron chi connectivity index (χ3n) is 3.34. The van der Waals surface area contributed by atoms with Crippen LogP contribution in [0.3, 0.4) is 0 Å². The van der Waals surface area contributed by atoms with Crippen molar-refractivity contribution in [2.75, 3.05) is 0 Å². The van der Waals surface area contributed by atoms with Crippen molar-refractivity contribution in [3.63, 3.8) is 0 Å². The highest BCUT2D eigenvalue weighted by Gasteiger charge is 2.19. The normalized spacial score (nSPS) is 11.1. The molecule has 0 saturated carbocycles. The fourth-order valence-corrected chi connectivity index (χ4v) is 2.47. The Balaban J connectivity index is 2.32. The Bertz CT molecular complexity index is 830. The SMILES string of the molecule is Cc1[nH]c2cccc(O)c2c1-c1cc(C(=O)O)n(C)n1. The van der Waals surface area contributed by atoms with Crippen LogP contribution in [0.1, 0.15) is 16.2 Å². The number of aromatic amines is 1. The van der Waals surface area contributed by atoms with E-state index in [-0.39, 0.29) is 11.4 Å². The quantitative estimate of drug-likeness (QED) is 0.666. The van der Waals surface area contributed by atoms with Crippen LogP contribution in [0.5, 0.6) is 5.75 Å². The Kier molecular flexibility index (Phi) is 2.53. The maximum atomic E-state index is 11.1. The molecule has 6 heteroatoms. The number of carbonyl (C=O) groups is 1. The number of aromatic nitrogens is 3. The Morgan fingerprint density at radius 1 is 1.40 bits per heavy atom. The molecule has 0 fully saturated rings. The molecule has 0 aliphatic carbocycles. The van der Waals surface area contributed by atoms with Gasteiger partial charge in [-0.15, -0.1) is 0 Å². The molecule has 3 rings (SSSR count). The Morgan fingerprint density at radius 3 is 2.80 bits per heavy atom. The molecule has 0 aliphatic heterocycles. The molecule has 0 amide bonds. The minimum atomic E-state index is -1.03. The van der Waals surface area contributed by atoms with Crippen molar-refractivity contribution in [3.8, 4) is 17.0 Å². The van der Waals surface area contributed by atoms with E-state index in [0.29, 0.717) is 11.1 Å². The lowest BCUT2D eigenvalue weighted by Crippen LogP contribution is -2.04. The first-order valence-corrected chi connectivity index (χ1v) is 6.07. The second kappa shape index (κ2) is 4.12. The molecule has 0 atom stereocenters. The second-order valence-corrected chi connectivity index (χ2v) is 4.67. The average molecular weight is 271 g/mol. The number of rotatable bonds is 2. The summed E-state index contributed by atoms with van der Waals surface area (Å²) in [6.45, 7) is 1.86. The lowest BCUT2D eigenvalue weighted by Gasteiger charge is -1.99. The molecule has 0 unspecified atom stereocenters. The summed E-state index contributed by atoms with van der Waals surface area (Å²) in [6.07, 6.45) is 0. The first kappa shape index (κ1) is 12.3. The largest absolute Gasteiger partial charge is 0.507 e. The van der Waals surface area contributed by atoms with Gasteiger partial charge >= 0.3 is 5.97 Å². The van der Waals surface area contributed by atoms with Crippen molar-refractivity contribution >= 4 is 16.9 Å². The van der Waals surface area contributed by atoms with Gasteiger partial charge in [-0.2, -0.15) is 5.10 Å². The number of aromatic carboxylic acids is 1. The molecule has 0 radical (unpaired) electrons. The number of H-pyrrole nitrogens is 1. The first-order chi connectivity index (χ1) is 9.49. The van der Waals surface area contributed by atoms with Crippen molar-refractivity contribution < 1.29 is 15.0 Å². The topological polar surface area (TPSA) is 91.1 Å². The van der Waals surface area contributed by atoms with Gasteiger partial charge in [0.25, 0.3) is 0 Å². The molecule has 3 aromatic rings. The molecule has 0 saturated heterocycles. The highest BCUT2D eigenvalue weighted by molar-refractivity contribution is 6.01. The van der Waals surface area contributed by atoms with Gasteiger partial charge in [0.2, 0.25) is 0 Å². The van der Waals surface area contributed by atoms with Crippen LogP contribution in [0.4, 0.5) is 0 Å². The molecule has 20 heavy (non-hydrogen) atoms. The van der Waals surface area contributed by atoms with Crippen LogP contribution in [0.2, 0.25) is 0 Å². The number of nitrogens with one attached hydrogen (secondary N) is 1. The van der Waals surface area contributed by atoms with E-state index in [1.165, 1.54) is 10.7 Å². The maximum Gasteiger partial charge on any atom is 0.354 e. The third kappa shape index (κ3) is 1.65. The van der Waals surface area contributed by atoms with Gasteiger partial charge in [-0.25, -0.2) is 4.79 Å². The van der Waals surface area contributed by atoms with Gasteiger partial charge in [0.1, 0.15) is 11.4 Å². The molecule has 0 aliphatic rings. The fourth-order valence-electron chi connectivity index (χ4n) is 2.47. The summed E-state index contributed by atoms with van der Waals surface area (Å²) >= 11 is 0. The predicted octanol–water partition coefficient (Wildman–Crippen LogP) is 2.28. The predicted molar refractivity (Wildman–Crippen MR) is 73.9 cm³/mol. The van der Waals surface area contributed by atoms with Crippen LogP contribution >= 0.6 is 0 Å². The van der Waals surface area contributed by atoms with Crippen LogP contribution < -0.4 is 0 Å². The number of carboxylic acids is 1. The summed E-state index contributed by atoms with van der Waals surface area (Å²) in [5, 5.41) is 24.0. The molecule has 6 nitrogen and oxygen atoms in total. The van der Waals surface area contributed by atoms with E-state index in [4.69, 9.17) is 5.11 Å². The molecule has 2 heterocycles. The number of nitrogens with zero attached hydrogens (tertiary/aromatic N) is 2. The van der Waals surface area contributed by atoms with E-state index in [2.05, 4.69) is 10.1 Å². The number of aryl methyl sites for hydroxylation is 2. The molecular formula is C14H13N3O3. The minimum Gasteiger partial charge on any atom is -0.507 e. The van der Waals surface area contributed by atoms with Crippen LogP contribution in [0, 0.1) is 6.92 Å². The highest BCUT2D eigenvalue weighted by Crippen LogP contribution is 2.36. The second-order valence-electron chi connectivity index (χ2n) is 4.67. The van der Waals surface area contributed by atoms with Crippen molar-refractivity contribution in [2.45, 2.75) is 6.92 Å². The minimum absolute atomic E-state index is 0.101. The summed E-state index contributed by atoms with van der Waals surface area (Å²) in [5.41, 5.74) is 2.97. The lowest BCUT2D eigenvalue weighted by molar-refractivity contribution is 0.0685. The number of hydrogen-bond acceptors (Lipinski definition) is 3. The number of benzene rings is 1. The third-order valence-corrected chi connectivity index (χ3v) is 3.34. The van der Waals surface area contributed by atoms with Crippen molar-refractivity contribution in [3.05, 3.63) is 35.7 Å². The summed E-state index contributed by atoms with van der Waals surface area (Å²) in [6, 6.07) is 6.70. The average Bonchev–Trinajstić information content (AvgIpc) is 2.90. The van der Waals surface area contributed by atoms with E-state index < -0.39 is 5.97 Å². The van der Waals surface area contributed by atoms with Crippen molar-refractivity contribution in [2.24, 2.45) is 7.05 Å². The zero-order valence-corrected chi connectivity index (χ0v) is 11.0. The number of aromatic hydroxyl groups is 1. The summed E-state index contributed by atoms with van der Waals surface area (Å²) in [7, 11) is 1.58. The standard InChI is InChI=1S/C14H13N3O3/c1-7-12(9-6-10(14(19)20)17(2)16-9)13-8(15-7)4-3-5-11(13)18/h3-6,15,18H,1-2H3,(H,19,20). The summed E-state index contributed by atoms with van der Waals surface area (Å²) in [5.74, 6) is -0.891. The lowest BCUT2D eigenvalue weighted by atomic mass is 10.1. The van der Waals surface area contributed by atoms with E-state index >= 15 is 0 Å². The van der Waals surface area contributed by atoms with Crippen molar-refractivity contribution in [1.82, 2.24) is 14.8 Å². The number of phenols is 1. The molecule has 0 bridgehead atoms. The number of carboxylic acid groups (broad SMARTS) is 1. The van der Waals surface area contributed by atoms with E-state index in [1.54, 1.807) is 19.2 Å². The van der Waals surface area contributed by atoms with E-state index in [0.717, 1.165) is 16.8 Å². The number of hydrogen-bond donors (Lipinski definition) is 3. The van der Waals surface area contributed by atoms with Gasteiger partial charge in [-0.1, -0.05) is 6.07 Å². The van der Waals surface area contributed by atoms with Crippen LogP contribution in [-0.4, -0.2) is 30.9 Å². The van der Waals surface area contributed by atoms with Gasteiger partial charge in [0, 0.05) is 18.3 Å². The molecule has 1 aromatic carbocycles. The molecule has 0 spiro atoms. The summed E-state index contributed by atoms with van der Waals surface area (Å²) in [4.78, 5) is 14.3. The molecule has 2 aromatic heterocycles. The van der Waals surface area contributed by atoms with Gasteiger partial charge < -0.3 is 15.2 Å². The van der Waals surface area contributed by atoms with Gasteiger partial charge in [-0.05, 0) is 25.1 Å². The Hall–Kier alpha value is -2.76. The molecular weight excluding hydrogens is 258 g/mol. The van der Waals surface area contributed by atoms with Crippen LogP contribution in [-0.2, 0) is 7.05 Å². The first-order valence-electron chi connectivity index (χ1n) is 6.07. The van der Waals surface area contributed by atoms with Crippen LogP contribution in [0.15, 0.2) is 24.3 Å². The van der Waals surface area contributed by atoms with Crippen LogP contribution in [0.25, 0.3) is 22.2 Å². The molecule has 3 N–H and O–H groups in total. The van der Waals surface area contributed by atoms with Gasteiger partial charge in [-0.3, -0.25) is 4.68 Å². The van der Waals surface area contributed by atoms with E-state index in [9.17, 15) is 9.90 Å². The maximum absolute atomic E-state index is 11.1.